The quantitative estimate of drug-likeness (QED) is 0.467. The van der Waals surface area contributed by atoms with Gasteiger partial charge in [-0.25, -0.2) is 4.79 Å². The Morgan fingerprint density at radius 2 is 2.00 bits per heavy atom. The Kier molecular flexibility index (Phi) is 11.0. The number of hydrogen-bond acceptors (Lipinski definition) is 4. The van der Waals surface area contributed by atoms with Crippen LogP contribution in [-0.4, -0.2) is 43.3 Å². The zero-order valence-electron chi connectivity index (χ0n) is 12.6. The Morgan fingerprint density at radius 3 is 2.50 bits per heavy atom. The zero-order valence-corrected chi connectivity index (χ0v) is 12.6. The van der Waals surface area contributed by atoms with Crippen molar-refractivity contribution in [1.82, 2.24) is 5.32 Å². The van der Waals surface area contributed by atoms with Gasteiger partial charge in [0, 0.05) is 20.1 Å². The minimum absolute atomic E-state index is 0.203. The van der Waals surface area contributed by atoms with Gasteiger partial charge in [0.05, 0.1) is 0 Å². The Morgan fingerprint density at radius 1 is 1.30 bits per heavy atom. The molecule has 0 aromatic carbocycles. The smallest absolute Gasteiger partial charge is 0.326 e. The molecule has 6 nitrogen and oxygen atoms in total. The molecule has 20 heavy (non-hydrogen) atoms. The molecular weight excluding hydrogens is 260 g/mol. The fourth-order valence-corrected chi connectivity index (χ4v) is 2.08. The molecule has 0 aliphatic carbocycles. The second kappa shape index (κ2) is 11.7. The largest absolute Gasteiger partial charge is 0.480 e. The first-order chi connectivity index (χ1) is 9.54. The van der Waals surface area contributed by atoms with Crippen molar-refractivity contribution in [1.29, 1.82) is 0 Å². The molecule has 0 saturated heterocycles. The molecule has 0 rings (SSSR count). The lowest BCUT2D eigenvalue weighted by Gasteiger charge is -2.16. The number of hydrogen-bond donors (Lipinski definition) is 3. The number of carboxylic acid groups (broad SMARTS) is 1. The van der Waals surface area contributed by atoms with Crippen molar-refractivity contribution in [3.63, 3.8) is 0 Å². The Labute approximate surface area is 121 Å². The number of nitrogens with one attached hydrogen (secondary N) is 1. The van der Waals surface area contributed by atoms with Gasteiger partial charge in [0.25, 0.3) is 0 Å². The number of nitrogens with two attached hydrogens (primary N) is 1. The normalized spacial score (nSPS) is 13.8. The van der Waals surface area contributed by atoms with Gasteiger partial charge in [-0.1, -0.05) is 13.3 Å². The van der Waals surface area contributed by atoms with Crippen molar-refractivity contribution < 1.29 is 19.4 Å². The van der Waals surface area contributed by atoms with Crippen molar-refractivity contribution in [2.45, 2.75) is 51.5 Å². The summed E-state index contributed by atoms with van der Waals surface area (Å²) in [5.41, 5.74) is 5.51. The summed E-state index contributed by atoms with van der Waals surface area (Å²) in [6.07, 6.45) is 3.99. The van der Waals surface area contributed by atoms with Crippen LogP contribution >= 0.6 is 0 Å². The summed E-state index contributed by atoms with van der Waals surface area (Å²) in [4.78, 5) is 22.8. The molecule has 118 valence electrons. The predicted molar refractivity (Wildman–Crippen MR) is 77.4 cm³/mol. The second-order valence-electron chi connectivity index (χ2n) is 4.98. The van der Waals surface area contributed by atoms with E-state index in [2.05, 4.69) is 12.2 Å². The van der Waals surface area contributed by atoms with E-state index in [9.17, 15) is 9.59 Å². The first kappa shape index (κ1) is 18.9. The van der Waals surface area contributed by atoms with Crippen LogP contribution in [0.15, 0.2) is 0 Å². The standard InChI is InChI=1S/C14H28N2O4/c1-3-11(8-9-15)6-7-13(17)16-12(14(18)19)5-4-10-20-2/h11-12H,3-10,15H2,1-2H3,(H,16,17)(H,18,19). The van der Waals surface area contributed by atoms with Crippen LogP contribution in [0.5, 0.6) is 0 Å². The van der Waals surface area contributed by atoms with Crippen LogP contribution in [0.3, 0.4) is 0 Å². The summed E-state index contributed by atoms with van der Waals surface area (Å²) >= 11 is 0. The van der Waals surface area contributed by atoms with E-state index in [0.29, 0.717) is 38.3 Å². The third-order valence-corrected chi connectivity index (χ3v) is 3.41. The van der Waals surface area contributed by atoms with Gasteiger partial charge < -0.3 is 20.9 Å². The molecule has 0 heterocycles. The van der Waals surface area contributed by atoms with E-state index in [-0.39, 0.29) is 5.91 Å². The average molecular weight is 288 g/mol. The monoisotopic (exact) mass is 288 g/mol. The molecule has 6 heteroatoms. The highest BCUT2D eigenvalue weighted by Gasteiger charge is 2.19. The maximum absolute atomic E-state index is 11.8. The first-order valence-corrected chi connectivity index (χ1v) is 7.26. The lowest BCUT2D eigenvalue weighted by Crippen LogP contribution is -2.41. The summed E-state index contributed by atoms with van der Waals surface area (Å²) in [5.74, 6) is -0.767. The molecule has 0 aliphatic heterocycles. The molecule has 0 aromatic rings. The topological polar surface area (TPSA) is 102 Å². The van der Waals surface area contributed by atoms with Crippen LogP contribution in [0, 0.1) is 5.92 Å². The van der Waals surface area contributed by atoms with Crippen molar-refractivity contribution in [3.05, 3.63) is 0 Å². The molecular formula is C14H28N2O4. The molecule has 0 saturated carbocycles. The summed E-state index contributed by atoms with van der Waals surface area (Å²) in [5, 5.41) is 11.6. The molecule has 1 amide bonds. The molecule has 2 atom stereocenters. The second-order valence-corrected chi connectivity index (χ2v) is 4.98. The lowest BCUT2D eigenvalue weighted by atomic mass is 9.96. The van der Waals surface area contributed by atoms with Gasteiger partial charge in [0.1, 0.15) is 6.04 Å². The predicted octanol–water partition coefficient (Wildman–Crippen LogP) is 1.14. The van der Waals surface area contributed by atoms with Crippen molar-refractivity contribution in [2.24, 2.45) is 11.7 Å². The maximum Gasteiger partial charge on any atom is 0.326 e. The number of amides is 1. The number of carboxylic acids is 1. The third-order valence-electron chi connectivity index (χ3n) is 3.41. The number of ether oxygens (including phenoxy) is 1. The minimum atomic E-state index is -0.997. The van der Waals surface area contributed by atoms with E-state index in [1.807, 2.05) is 0 Å². The summed E-state index contributed by atoms with van der Waals surface area (Å²) < 4.78 is 4.88. The molecule has 0 aromatic heterocycles. The number of carbonyl (C=O) groups excluding carboxylic acids is 1. The van der Waals surface area contributed by atoms with Crippen molar-refractivity contribution in [3.8, 4) is 0 Å². The fourth-order valence-electron chi connectivity index (χ4n) is 2.08. The van der Waals surface area contributed by atoms with Gasteiger partial charge in [-0.2, -0.15) is 0 Å². The van der Waals surface area contributed by atoms with Crippen LogP contribution in [0.25, 0.3) is 0 Å². The van der Waals surface area contributed by atoms with Crippen molar-refractivity contribution >= 4 is 11.9 Å². The van der Waals surface area contributed by atoms with Gasteiger partial charge in [0.15, 0.2) is 0 Å². The highest BCUT2D eigenvalue weighted by atomic mass is 16.5. The summed E-state index contributed by atoms with van der Waals surface area (Å²) in [7, 11) is 1.57. The summed E-state index contributed by atoms with van der Waals surface area (Å²) in [6, 6.07) is -0.827. The van der Waals surface area contributed by atoms with Crippen LogP contribution in [-0.2, 0) is 14.3 Å². The molecule has 2 unspecified atom stereocenters. The Bertz CT molecular complexity index is 284. The average Bonchev–Trinajstić information content (AvgIpc) is 2.42. The highest BCUT2D eigenvalue weighted by Crippen LogP contribution is 2.14. The Hall–Kier alpha value is -1.14. The van der Waals surface area contributed by atoms with E-state index in [4.69, 9.17) is 15.6 Å². The number of carbonyl (C=O) groups is 2. The van der Waals surface area contributed by atoms with Crippen LogP contribution in [0.2, 0.25) is 0 Å². The van der Waals surface area contributed by atoms with E-state index >= 15 is 0 Å². The minimum Gasteiger partial charge on any atom is -0.480 e. The number of methoxy groups -OCH3 is 1. The van der Waals surface area contributed by atoms with Crippen LogP contribution in [0.4, 0.5) is 0 Å². The maximum atomic E-state index is 11.8. The van der Waals surface area contributed by atoms with Crippen LogP contribution in [0.1, 0.15) is 45.4 Å². The van der Waals surface area contributed by atoms with Gasteiger partial charge >= 0.3 is 5.97 Å². The Balaban J connectivity index is 4.08. The van der Waals surface area contributed by atoms with E-state index < -0.39 is 12.0 Å². The van der Waals surface area contributed by atoms with E-state index in [1.54, 1.807) is 7.11 Å². The van der Waals surface area contributed by atoms with Crippen LogP contribution < -0.4 is 11.1 Å². The third kappa shape index (κ3) is 8.87. The zero-order chi connectivity index (χ0) is 15.4. The van der Waals surface area contributed by atoms with E-state index in [1.165, 1.54) is 0 Å². The molecule has 0 spiro atoms. The highest BCUT2D eigenvalue weighted by molar-refractivity contribution is 5.83. The fraction of sp³-hybridized carbons (Fsp3) is 0.857. The molecule has 0 aliphatic rings. The van der Waals surface area contributed by atoms with Crippen molar-refractivity contribution in [2.75, 3.05) is 20.3 Å². The van der Waals surface area contributed by atoms with Gasteiger partial charge in [-0.05, 0) is 38.1 Å². The molecule has 0 bridgehead atoms. The SMILES string of the molecule is CCC(CCN)CCC(=O)NC(CCCOC)C(=O)O. The van der Waals surface area contributed by atoms with Gasteiger partial charge in [-0.3, -0.25) is 4.79 Å². The molecule has 0 radical (unpaired) electrons. The number of rotatable bonds is 12. The van der Waals surface area contributed by atoms with Gasteiger partial charge in [0.2, 0.25) is 5.91 Å². The van der Waals surface area contributed by atoms with Gasteiger partial charge in [-0.15, -0.1) is 0 Å². The molecule has 4 N–H and O–H groups in total. The van der Waals surface area contributed by atoms with E-state index in [0.717, 1.165) is 19.3 Å². The number of aliphatic carboxylic acids is 1. The molecule has 0 fully saturated rings. The summed E-state index contributed by atoms with van der Waals surface area (Å²) in [6.45, 7) is 3.19. The first-order valence-electron chi connectivity index (χ1n) is 7.26. The lowest BCUT2D eigenvalue weighted by molar-refractivity contribution is -0.142.